The summed E-state index contributed by atoms with van der Waals surface area (Å²) in [4.78, 5) is 16.2. The van der Waals surface area contributed by atoms with Gasteiger partial charge in [-0.1, -0.05) is 5.21 Å². The van der Waals surface area contributed by atoms with Crippen molar-refractivity contribution >= 4 is 22.6 Å². The first-order chi connectivity index (χ1) is 13.0. The van der Waals surface area contributed by atoms with Gasteiger partial charge in [0.1, 0.15) is 11.5 Å². The van der Waals surface area contributed by atoms with Crippen molar-refractivity contribution in [1.29, 1.82) is 0 Å². The van der Waals surface area contributed by atoms with Gasteiger partial charge in [-0.15, -0.1) is 5.10 Å². The second-order valence-corrected chi connectivity index (χ2v) is 6.14. The molecule has 1 amide bonds. The van der Waals surface area contributed by atoms with Crippen LogP contribution in [0.3, 0.4) is 0 Å². The molecule has 136 valence electrons. The van der Waals surface area contributed by atoms with E-state index in [9.17, 15) is 13.6 Å². The number of nitrogens with zero attached hydrogens (tertiary/aromatic N) is 5. The van der Waals surface area contributed by atoms with Gasteiger partial charge >= 0.3 is 0 Å². The summed E-state index contributed by atoms with van der Waals surface area (Å²) in [5.41, 5.74) is 0.824. The predicted molar refractivity (Wildman–Crippen MR) is 91.6 cm³/mol. The van der Waals surface area contributed by atoms with E-state index in [0.717, 1.165) is 23.7 Å². The van der Waals surface area contributed by atoms with Gasteiger partial charge in [-0.25, -0.2) is 13.5 Å². The van der Waals surface area contributed by atoms with E-state index >= 15 is 0 Å². The van der Waals surface area contributed by atoms with E-state index in [1.54, 1.807) is 13.0 Å². The molecule has 3 heterocycles. The van der Waals surface area contributed by atoms with Crippen molar-refractivity contribution in [3.8, 4) is 17.2 Å². The molecule has 8 nitrogen and oxygen atoms in total. The van der Waals surface area contributed by atoms with Crippen LogP contribution in [0.1, 0.15) is 16.2 Å². The summed E-state index contributed by atoms with van der Waals surface area (Å²) >= 11 is 0.953. The fourth-order valence-electron chi connectivity index (χ4n) is 2.35. The Morgan fingerprint density at radius 3 is 2.89 bits per heavy atom. The van der Waals surface area contributed by atoms with Gasteiger partial charge in [0.15, 0.2) is 23.1 Å². The van der Waals surface area contributed by atoms with Crippen molar-refractivity contribution in [3.05, 3.63) is 59.7 Å². The molecule has 4 rings (SSSR count). The van der Waals surface area contributed by atoms with Crippen LogP contribution in [-0.2, 0) is 0 Å². The Balaban J connectivity index is 1.61. The smallest absolute Gasteiger partial charge is 0.293 e. The molecule has 0 aliphatic carbocycles. The topological polar surface area (TPSA) is 98.7 Å². The summed E-state index contributed by atoms with van der Waals surface area (Å²) in [5, 5.41) is 10.7. The maximum Gasteiger partial charge on any atom is 0.293 e. The third-order valence-electron chi connectivity index (χ3n) is 3.64. The Morgan fingerprint density at radius 2 is 2.15 bits per heavy atom. The number of furan rings is 1. The zero-order valence-electron chi connectivity index (χ0n) is 13.7. The number of nitrogens with one attached hydrogen (secondary N) is 1. The van der Waals surface area contributed by atoms with Crippen molar-refractivity contribution < 1.29 is 18.0 Å². The largest absolute Gasteiger partial charge is 0.459 e. The second kappa shape index (κ2) is 6.68. The van der Waals surface area contributed by atoms with Crippen molar-refractivity contribution in [2.75, 3.05) is 5.32 Å². The normalized spacial score (nSPS) is 10.9. The molecule has 27 heavy (non-hydrogen) atoms. The third-order valence-corrected chi connectivity index (χ3v) is 4.27. The van der Waals surface area contributed by atoms with Crippen LogP contribution < -0.4 is 5.32 Å². The average Bonchev–Trinajstić information content (AvgIpc) is 3.36. The van der Waals surface area contributed by atoms with Crippen LogP contribution >= 0.6 is 11.5 Å². The van der Waals surface area contributed by atoms with Crippen LogP contribution in [0.2, 0.25) is 0 Å². The van der Waals surface area contributed by atoms with Gasteiger partial charge in [0.2, 0.25) is 5.13 Å². The highest BCUT2D eigenvalue weighted by atomic mass is 32.1. The summed E-state index contributed by atoms with van der Waals surface area (Å²) in [6.45, 7) is 1.65. The summed E-state index contributed by atoms with van der Waals surface area (Å²) in [5.74, 6) is -1.56. The fourth-order valence-corrected chi connectivity index (χ4v) is 2.92. The standard InChI is InChI=1S/C16H10F2N6O2S/c1-8-13(21-23-24(8)11-5-4-9(17)7-10(11)18)14-19-16(27-22-14)20-15(25)12-3-2-6-26-12/h2-7H,1H3,(H,19,20,22,25). The number of halogens is 2. The second-order valence-electron chi connectivity index (χ2n) is 5.39. The summed E-state index contributed by atoms with van der Waals surface area (Å²) in [7, 11) is 0. The summed E-state index contributed by atoms with van der Waals surface area (Å²) in [6.07, 6.45) is 1.39. The van der Waals surface area contributed by atoms with E-state index in [2.05, 4.69) is 25.0 Å². The number of hydrogen-bond donors (Lipinski definition) is 1. The van der Waals surface area contributed by atoms with Crippen molar-refractivity contribution in [2.24, 2.45) is 0 Å². The molecule has 0 saturated heterocycles. The Labute approximate surface area is 154 Å². The van der Waals surface area contributed by atoms with Crippen LogP contribution in [-0.4, -0.2) is 30.3 Å². The number of aromatic nitrogens is 5. The Kier molecular flexibility index (Phi) is 4.20. The van der Waals surface area contributed by atoms with Gasteiger partial charge in [-0.2, -0.15) is 9.36 Å². The molecule has 0 aliphatic rings. The highest BCUT2D eigenvalue weighted by molar-refractivity contribution is 7.10. The molecule has 0 saturated carbocycles. The van der Waals surface area contributed by atoms with Gasteiger partial charge in [0.25, 0.3) is 5.91 Å². The minimum absolute atomic E-state index is 0.0502. The molecule has 0 aliphatic heterocycles. The first-order valence-electron chi connectivity index (χ1n) is 7.59. The molecule has 1 aromatic carbocycles. The number of anilines is 1. The number of carbonyl (C=O) groups excluding carboxylic acids is 1. The lowest BCUT2D eigenvalue weighted by Crippen LogP contribution is -2.10. The van der Waals surface area contributed by atoms with Gasteiger partial charge in [0.05, 0.1) is 12.0 Å². The molecule has 0 bridgehead atoms. The third kappa shape index (κ3) is 3.19. The predicted octanol–water partition coefficient (Wildman–Crippen LogP) is 3.22. The Hall–Kier alpha value is -3.47. The van der Waals surface area contributed by atoms with Crippen molar-refractivity contribution in [2.45, 2.75) is 6.92 Å². The Morgan fingerprint density at radius 1 is 1.30 bits per heavy atom. The van der Waals surface area contributed by atoms with E-state index in [4.69, 9.17) is 4.42 Å². The molecule has 0 unspecified atom stereocenters. The van der Waals surface area contributed by atoms with Gasteiger partial charge in [-0.3, -0.25) is 10.1 Å². The van der Waals surface area contributed by atoms with E-state index in [-0.39, 0.29) is 22.4 Å². The number of rotatable bonds is 4. The van der Waals surface area contributed by atoms with Crippen LogP contribution in [0.15, 0.2) is 41.0 Å². The van der Waals surface area contributed by atoms with Crippen LogP contribution in [0.5, 0.6) is 0 Å². The minimum atomic E-state index is -0.771. The highest BCUT2D eigenvalue weighted by Gasteiger charge is 2.19. The average molecular weight is 388 g/mol. The number of carbonyl (C=O) groups is 1. The molecule has 1 N–H and O–H groups in total. The van der Waals surface area contributed by atoms with Crippen LogP contribution in [0.4, 0.5) is 13.9 Å². The first-order valence-corrected chi connectivity index (χ1v) is 8.37. The molecule has 0 fully saturated rings. The van der Waals surface area contributed by atoms with Gasteiger partial charge in [-0.05, 0) is 31.2 Å². The number of benzene rings is 1. The molecular weight excluding hydrogens is 378 g/mol. The summed E-state index contributed by atoms with van der Waals surface area (Å²) < 4.78 is 37.5. The zero-order valence-corrected chi connectivity index (χ0v) is 14.5. The van der Waals surface area contributed by atoms with E-state index in [0.29, 0.717) is 11.4 Å². The summed E-state index contributed by atoms with van der Waals surface area (Å²) in [6, 6.07) is 6.27. The monoisotopic (exact) mass is 388 g/mol. The van der Waals surface area contributed by atoms with Crippen molar-refractivity contribution in [1.82, 2.24) is 24.4 Å². The van der Waals surface area contributed by atoms with Crippen LogP contribution in [0.25, 0.3) is 17.2 Å². The van der Waals surface area contributed by atoms with Crippen LogP contribution in [0, 0.1) is 18.6 Å². The SMILES string of the molecule is Cc1c(-c2nsc(NC(=O)c3ccco3)n2)nnn1-c1ccc(F)cc1F. The molecule has 11 heteroatoms. The molecule has 0 spiro atoms. The zero-order chi connectivity index (χ0) is 19.0. The molecular formula is C16H10F2N6O2S. The molecule has 3 aromatic heterocycles. The Bertz CT molecular complexity index is 1120. The first kappa shape index (κ1) is 17.0. The quantitative estimate of drug-likeness (QED) is 0.576. The lowest BCUT2D eigenvalue weighted by Gasteiger charge is -2.04. The highest BCUT2D eigenvalue weighted by Crippen LogP contribution is 2.25. The number of amides is 1. The maximum atomic E-state index is 14.0. The fraction of sp³-hybridized carbons (Fsp3) is 0.0625. The maximum absolute atomic E-state index is 14.0. The minimum Gasteiger partial charge on any atom is -0.459 e. The lowest BCUT2D eigenvalue weighted by molar-refractivity contribution is 0.0996. The van der Waals surface area contributed by atoms with E-state index in [1.807, 2.05) is 0 Å². The van der Waals surface area contributed by atoms with Crippen molar-refractivity contribution in [3.63, 3.8) is 0 Å². The molecule has 0 atom stereocenters. The van der Waals surface area contributed by atoms with E-state index < -0.39 is 17.5 Å². The molecule has 4 aromatic rings. The molecule has 0 radical (unpaired) electrons. The van der Waals surface area contributed by atoms with Gasteiger partial charge < -0.3 is 4.42 Å². The number of hydrogen-bond acceptors (Lipinski definition) is 7. The van der Waals surface area contributed by atoms with Gasteiger partial charge in [0, 0.05) is 17.6 Å². The lowest BCUT2D eigenvalue weighted by atomic mass is 10.2. The van der Waals surface area contributed by atoms with E-state index in [1.165, 1.54) is 23.1 Å².